The van der Waals surface area contributed by atoms with Gasteiger partial charge in [0.05, 0.1) is 34.6 Å². The van der Waals surface area contributed by atoms with Crippen molar-refractivity contribution in [1.29, 1.82) is 0 Å². The highest BCUT2D eigenvalue weighted by atomic mass is 32.2. The maximum absolute atomic E-state index is 12.7. The minimum absolute atomic E-state index is 0.0607. The standard InChI is InChI=1S/C19H20N2O3S2/c1-4-15(25-16-8-6-5-7-14(16)24-3)18(22)21-19-20-13-10-9-12(23-2)11-17(13)26-19/h5-11,15H,4H2,1-3H3,(H,20,21,22). The van der Waals surface area contributed by atoms with Crippen LogP contribution in [0.3, 0.4) is 0 Å². The van der Waals surface area contributed by atoms with Crippen LogP contribution in [0.4, 0.5) is 5.13 Å². The van der Waals surface area contributed by atoms with E-state index in [-0.39, 0.29) is 11.2 Å². The highest BCUT2D eigenvalue weighted by Gasteiger charge is 2.21. The van der Waals surface area contributed by atoms with Crippen molar-refractivity contribution in [2.75, 3.05) is 19.5 Å². The number of ether oxygens (including phenoxy) is 2. The van der Waals surface area contributed by atoms with Crippen molar-refractivity contribution in [1.82, 2.24) is 4.98 Å². The zero-order valence-corrected chi connectivity index (χ0v) is 16.4. The van der Waals surface area contributed by atoms with Crippen molar-refractivity contribution in [3.8, 4) is 11.5 Å². The van der Waals surface area contributed by atoms with Crippen molar-refractivity contribution in [3.05, 3.63) is 42.5 Å². The Morgan fingerprint density at radius 3 is 2.77 bits per heavy atom. The molecule has 0 radical (unpaired) electrons. The molecule has 3 rings (SSSR count). The van der Waals surface area contributed by atoms with Gasteiger partial charge in [-0.05, 0) is 36.8 Å². The Bertz CT molecular complexity index is 911. The van der Waals surface area contributed by atoms with E-state index in [0.717, 1.165) is 26.6 Å². The van der Waals surface area contributed by atoms with Gasteiger partial charge in [0, 0.05) is 0 Å². The fraction of sp³-hybridized carbons (Fsp3) is 0.263. The van der Waals surface area contributed by atoms with Gasteiger partial charge in [-0.3, -0.25) is 4.79 Å². The number of nitrogens with zero attached hydrogens (tertiary/aromatic N) is 1. The largest absolute Gasteiger partial charge is 0.497 e. The van der Waals surface area contributed by atoms with E-state index in [2.05, 4.69) is 10.3 Å². The van der Waals surface area contributed by atoms with Gasteiger partial charge in [0.15, 0.2) is 5.13 Å². The van der Waals surface area contributed by atoms with Crippen LogP contribution in [0.1, 0.15) is 13.3 Å². The highest BCUT2D eigenvalue weighted by Crippen LogP contribution is 2.34. The minimum Gasteiger partial charge on any atom is -0.497 e. The zero-order valence-electron chi connectivity index (χ0n) is 14.8. The average molecular weight is 389 g/mol. The van der Waals surface area contributed by atoms with Crippen LogP contribution in [0.25, 0.3) is 10.2 Å². The normalized spacial score (nSPS) is 12.0. The lowest BCUT2D eigenvalue weighted by atomic mass is 10.3. The van der Waals surface area contributed by atoms with E-state index < -0.39 is 0 Å². The van der Waals surface area contributed by atoms with Gasteiger partial charge in [-0.15, -0.1) is 11.8 Å². The first-order chi connectivity index (χ1) is 12.6. The van der Waals surface area contributed by atoms with Gasteiger partial charge < -0.3 is 14.8 Å². The van der Waals surface area contributed by atoms with Crippen LogP contribution in [0, 0.1) is 0 Å². The quantitative estimate of drug-likeness (QED) is 0.588. The van der Waals surface area contributed by atoms with E-state index in [0.29, 0.717) is 11.6 Å². The summed E-state index contributed by atoms with van der Waals surface area (Å²) in [4.78, 5) is 18.1. The van der Waals surface area contributed by atoms with Crippen LogP contribution < -0.4 is 14.8 Å². The molecule has 0 bridgehead atoms. The lowest BCUT2D eigenvalue weighted by molar-refractivity contribution is -0.115. The Labute approximate surface area is 160 Å². The summed E-state index contributed by atoms with van der Waals surface area (Å²) in [5.74, 6) is 1.49. The van der Waals surface area contributed by atoms with Crippen molar-refractivity contribution in [3.63, 3.8) is 0 Å². The highest BCUT2D eigenvalue weighted by molar-refractivity contribution is 8.00. The number of carbonyl (C=O) groups is 1. The van der Waals surface area contributed by atoms with E-state index in [1.54, 1.807) is 14.2 Å². The van der Waals surface area contributed by atoms with Gasteiger partial charge in [-0.25, -0.2) is 4.98 Å². The number of carbonyl (C=O) groups excluding carboxylic acids is 1. The number of hydrogen-bond acceptors (Lipinski definition) is 6. The number of methoxy groups -OCH3 is 2. The van der Waals surface area contributed by atoms with Crippen LogP contribution >= 0.6 is 23.1 Å². The third-order valence-electron chi connectivity index (χ3n) is 3.83. The fourth-order valence-electron chi connectivity index (χ4n) is 2.46. The molecule has 2 aromatic carbocycles. The van der Waals surface area contributed by atoms with E-state index in [1.165, 1.54) is 23.1 Å². The van der Waals surface area contributed by atoms with E-state index in [9.17, 15) is 4.79 Å². The van der Waals surface area contributed by atoms with Gasteiger partial charge in [0.25, 0.3) is 0 Å². The number of benzene rings is 2. The molecule has 1 N–H and O–H groups in total. The second-order valence-corrected chi connectivity index (χ2v) is 7.78. The van der Waals surface area contributed by atoms with E-state index in [4.69, 9.17) is 9.47 Å². The van der Waals surface area contributed by atoms with Crippen molar-refractivity contribution in [2.45, 2.75) is 23.5 Å². The number of fused-ring (bicyclic) bond motifs is 1. The number of hydrogen-bond donors (Lipinski definition) is 1. The summed E-state index contributed by atoms with van der Waals surface area (Å²) in [7, 11) is 3.27. The van der Waals surface area contributed by atoms with Crippen LogP contribution in [0.2, 0.25) is 0 Å². The van der Waals surface area contributed by atoms with Gasteiger partial charge in [0.2, 0.25) is 5.91 Å². The number of nitrogens with one attached hydrogen (secondary N) is 1. The molecule has 0 saturated heterocycles. The maximum Gasteiger partial charge on any atom is 0.239 e. The van der Waals surface area contributed by atoms with Crippen LogP contribution in [-0.2, 0) is 4.79 Å². The summed E-state index contributed by atoms with van der Waals surface area (Å²) in [5, 5.41) is 3.31. The van der Waals surface area contributed by atoms with Crippen molar-refractivity contribution in [2.24, 2.45) is 0 Å². The topological polar surface area (TPSA) is 60.5 Å². The number of anilines is 1. The van der Waals surface area contributed by atoms with Crippen molar-refractivity contribution < 1.29 is 14.3 Å². The SMILES string of the molecule is CCC(Sc1ccccc1OC)C(=O)Nc1nc2ccc(OC)cc2s1. The molecule has 1 aromatic heterocycles. The first-order valence-corrected chi connectivity index (χ1v) is 9.89. The Kier molecular flexibility index (Phi) is 6.00. The predicted octanol–water partition coefficient (Wildman–Crippen LogP) is 4.82. The molecule has 1 heterocycles. The minimum atomic E-state index is -0.229. The maximum atomic E-state index is 12.7. The molecule has 136 valence electrons. The molecule has 1 unspecified atom stereocenters. The molecule has 0 aliphatic carbocycles. The number of thiazole rings is 1. The first kappa shape index (κ1) is 18.5. The van der Waals surface area contributed by atoms with Gasteiger partial charge in [0.1, 0.15) is 11.5 Å². The molecular weight excluding hydrogens is 368 g/mol. The molecule has 1 amide bonds. The van der Waals surface area contributed by atoms with Gasteiger partial charge in [-0.2, -0.15) is 0 Å². The van der Waals surface area contributed by atoms with Crippen molar-refractivity contribution >= 4 is 44.4 Å². The summed E-state index contributed by atoms with van der Waals surface area (Å²) in [6, 6.07) is 13.4. The van der Waals surface area contributed by atoms with E-state index in [1.807, 2.05) is 49.4 Å². The summed E-state index contributed by atoms with van der Waals surface area (Å²) < 4.78 is 11.6. The Balaban J connectivity index is 1.74. The molecule has 0 spiro atoms. The molecule has 5 nitrogen and oxygen atoms in total. The molecule has 0 aliphatic heterocycles. The molecule has 7 heteroatoms. The van der Waals surface area contributed by atoms with Gasteiger partial charge in [-0.1, -0.05) is 30.4 Å². The number of rotatable bonds is 7. The van der Waals surface area contributed by atoms with Crippen LogP contribution in [-0.4, -0.2) is 30.4 Å². The molecule has 26 heavy (non-hydrogen) atoms. The van der Waals surface area contributed by atoms with Crippen LogP contribution in [0.15, 0.2) is 47.4 Å². The first-order valence-electron chi connectivity index (χ1n) is 8.19. The molecule has 3 aromatic rings. The molecule has 0 saturated carbocycles. The molecular formula is C19H20N2O3S2. The second-order valence-electron chi connectivity index (χ2n) is 5.51. The average Bonchev–Trinajstić information content (AvgIpc) is 3.07. The lowest BCUT2D eigenvalue weighted by Crippen LogP contribution is -2.24. The molecule has 1 atom stereocenters. The number of aromatic nitrogens is 1. The smallest absolute Gasteiger partial charge is 0.239 e. The monoisotopic (exact) mass is 388 g/mol. The predicted molar refractivity (Wildman–Crippen MR) is 108 cm³/mol. The Morgan fingerprint density at radius 2 is 2.04 bits per heavy atom. The summed E-state index contributed by atoms with van der Waals surface area (Å²) in [6.45, 7) is 2.00. The molecule has 0 aliphatic rings. The molecule has 0 fully saturated rings. The fourth-order valence-corrected chi connectivity index (χ4v) is 4.42. The summed E-state index contributed by atoms with van der Waals surface area (Å²) in [6.07, 6.45) is 0.702. The second kappa shape index (κ2) is 8.42. The Morgan fingerprint density at radius 1 is 1.23 bits per heavy atom. The summed E-state index contributed by atoms with van der Waals surface area (Å²) in [5.41, 5.74) is 0.844. The number of thioether (sulfide) groups is 1. The number of amides is 1. The third-order valence-corrected chi connectivity index (χ3v) is 6.18. The Hall–Kier alpha value is -2.25. The third kappa shape index (κ3) is 4.11. The number of para-hydroxylation sites is 1. The van der Waals surface area contributed by atoms with Crippen LogP contribution in [0.5, 0.6) is 11.5 Å². The zero-order chi connectivity index (χ0) is 18.5. The van der Waals surface area contributed by atoms with Gasteiger partial charge >= 0.3 is 0 Å². The lowest BCUT2D eigenvalue weighted by Gasteiger charge is -2.15. The van der Waals surface area contributed by atoms with E-state index >= 15 is 0 Å². The summed E-state index contributed by atoms with van der Waals surface area (Å²) >= 11 is 2.94.